The molecule has 0 spiro atoms. The average Bonchev–Trinajstić information content (AvgIpc) is 2.85. The number of halogens is 1. The SMILES string of the molecule is C=C(F)CCn1ccnc1COCc1ccccc1. The summed E-state index contributed by atoms with van der Waals surface area (Å²) in [5.74, 6) is 0.488. The number of aryl methyl sites for hydroxylation is 1. The third kappa shape index (κ3) is 4.34. The van der Waals surface area contributed by atoms with Crippen LogP contribution in [0, 0.1) is 0 Å². The lowest BCUT2D eigenvalue weighted by atomic mass is 10.2. The molecule has 0 bridgehead atoms. The van der Waals surface area contributed by atoms with Crippen molar-refractivity contribution in [3.63, 3.8) is 0 Å². The summed E-state index contributed by atoms with van der Waals surface area (Å²) in [5, 5.41) is 0. The van der Waals surface area contributed by atoms with E-state index in [4.69, 9.17) is 4.74 Å². The first-order chi connectivity index (χ1) is 9.25. The molecule has 1 aromatic heterocycles. The molecule has 0 saturated heterocycles. The highest BCUT2D eigenvalue weighted by Crippen LogP contribution is 2.08. The van der Waals surface area contributed by atoms with E-state index in [0.717, 1.165) is 11.4 Å². The van der Waals surface area contributed by atoms with Gasteiger partial charge in [0.25, 0.3) is 0 Å². The largest absolute Gasteiger partial charge is 0.369 e. The second-order valence-electron chi connectivity index (χ2n) is 4.28. The Morgan fingerprint density at radius 3 is 2.79 bits per heavy atom. The zero-order valence-electron chi connectivity index (χ0n) is 10.8. The van der Waals surface area contributed by atoms with Crippen molar-refractivity contribution >= 4 is 0 Å². The van der Waals surface area contributed by atoms with Crippen LogP contribution in [0.25, 0.3) is 0 Å². The highest BCUT2D eigenvalue weighted by Gasteiger charge is 2.03. The van der Waals surface area contributed by atoms with Gasteiger partial charge in [-0.2, -0.15) is 0 Å². The number of hydrogen-bond donors (Lipinski definition) is 0. The maximum absolute atomic E-state index is 12.6. The van der Waals surface area contributed by atoms with Gasteiger partial charge in [-0.1, -0.05) is 36.9 Å². The van der Waals surface area contributed by atoms with E-state index >= 15 is 0 Å². The molecule has 1 heterocycles. The first-order valence-corrected chi connectivity index (χ1v) is 6.20. The van der Waals surface area contributed by atoms with Crippen molar-refractivity contribution in [1.82, 2.24) is 9.55 Å². The van der Waals surface area contributed by atoms with E-state index in [1.165, 1.54) is 0 Å². The van der Waals surface area contributed by atoms with E-state index in [-0.39, 0.29) is 5.83 Å². The average molecular weight is 260 g/mol. The number of nitrogens with zero attached hydrogens (tertiary/aromatic N) is 2. The number of hydrogen-bond acceptors (Lipinski definition) is 2. The fourth-order valence-corrected chi connectivity index (χ4v) is 1.76. The zero-order chi connectivity index (χ0) is 13.5. The number of allylic oxidation sites excluding steroid dienone is 1. The van der Waals surface area contributed by atoms with E-state index in [9.17, 15) is 4.39 Å². The molecule has 0 aliphatic rings. The number of rotatable bonds is 7. The van der Waals surface area contributed by atoms with Crippen LogP contribution in [0.5, 0.6) is 0 Å². The Bertz CT molecular complexity index is 522. The molecule has 100 valence electrons. The molecule has 2 aromatic rings. The fraction of sp³-hybridized carbons (Fsp3) is 0.267. The van der Waals surface area contributed by atoms with Gasteiger partial charge in [0.2, 0.25) is 0 Å². The second kappa shape index (κ2) is 6.85. The molecule has 19 heavy (non-hydrogen) atoms. The van der Waals surface area contributed by atoms with Crippen LogP contribution < -0.4 is 0 Å². The molecule has 4 heteroatoms. The minimum Gasteiger partial charge on any atom is -0.369 e. The van der Waals surface area contributed by atoms with Gasteiger partial charge in [0.1, 0.15) is 12.4 Å². The standard InChI is InChI=1S/C15H17FN2O/c1-13(16)7-9-18-10-8-17-15(18)12-19-11-14-5-3-2-4-6-14/h2-6,8,10H,1,7,9,11-12H2. The van der Waals surface area contributed by atoms with Crippen LogP contribution in [-0.2, 0) is 24.5 Å². The van der Waals surface area contributed by atoms with E-state index < -0.39 is 0 Å². The normalized spacial score (nSPS) is 10.6. The van der Waals surface area contributed by atoms with Crippen LogP contribution >= 0.6 is 0 Å². The van der Waals surface area contributed by atoms with Crippen molar-refractivity contribution in [3.8, 4) is 0 Å². The van der Waals surface area contributed by atoms with Gasteiger partial charge >= 0.3 is 0 Å². The van der Waals surface area contributed by atoms with Gasteiger partial charge in [-0.15, -0.1) is 0 Å². The second-order valence-corrected chi connectivity index (χ2v) is 4.28. The summed E-state index contributed by atoms with van der Waals surface area (Å²) in [7, 11) is 0. The molecule has 0 saturated carbocycles. The summed E-state index contributed by atoms with van der Waals surface area (Å²) in [4.78, 5) is 4.21. The molecule has 1 aromatic carbocycles. The third-order valence-electron chi connectivity index (χ3n) is 2.77. The Morgan fingerprint density at radius 2 is 2.05 bits per heavy atom. The lowest BCUT2D eigenvalue weighted by Gasteiger charge is -2.08. The van der Waals surface area contributed by atoms with Crippen molar-refractivity contribution in [2.75, 3.05) is 0 Å². The maximum Gasteiger partial charge on any atom is 0.134 e. The summed E-state index contributed by atoms with van der Waals surface area (Å²) in [6.45, 7) is 4.76. The van der Waals surface area contributed by atoms with E-state index in [1.807, 2.05) is 41.1 Å². The van der Waals surface area contributed by atoms with Crippen LogP contribution in [0.4, 0.5) is 4.39 Å². The molecule has 0 amide bonds. The Kier molecular flexibility index (Phi) is 4.86. The Morgan fingerprint density at radius 1 is 1.26 bits per heavy atom. The minimum atomic E-state index is -0.315. The van der Waals surface area contributed by atoms with Gasteiger partial charge in [-0.25, -0.2) is 9.37 Å². The number of imidazole rings is 1. The summed E-state index contributed by atoms with van der Waals surface area (Å²) in [6.07, 6.45) is 3.83. The molecular weight excluding hydrogens is 243 g/mol. The highest BCUT2D eigenvalue weighted by atomic mass is 19.1. The lowest BCUT2D eigenvalue weighted by Crippen LogP contribution is -2.05. The van der Waals surface area contributed by atoms with Gasteiger partial charge in [0.15, 0.2) is 0 Å². The molecular formula is C15H17FN2O. The molecule has 0 N–H and O–H groups in total. The molecule has 3 nitrogen and oxygen atoms in total. The van der Waals surface area contributed by atoms with Crippen molar-refractivity contribution in [1.29, 1.82) is 0 Å². The first-order valence-electron chi connectivity index (χ1n) is 6.20. The van der Waals surface area contributed by atoms with Gasteiger partial charge in [-0.3, -0.25) is 0 Å². The minimum absolute atomic E-state index is 0.308. The topological polar surface area (TPSA) is 27.1 Å². The number of benzene rings is 1. The van der Waals surface area contributed by atoms with Gasteiger partial charge in [0.05, 0.1) is 12.4 Å². The quantitative estimate of drug-likeness (QED) is 0.762. The molecule has 2 rings (SSSR count). The summed E-state index contributed by atoms with van der Waals surface area (Å²) >= 11 is 0. The van der Waals surface area contributed by atoms with Crippen molar-refractivity contribution < 1.29 is 9.13 Å². The first kappa shape index (κ1) is 13.5. The third-order valence-corrected chi connectivity index (χ3v) is 2.77. The fourth-order valence-electron chi connectivity index (χ4n) is 1.76. The van der Waals surface area contributed by atoms with Crippen LogP contribution in [0.3, 0.4) is 0 Å². The van der Waals surface area contributed by atoms with E-state index in [0.29, 0.717) is 26.2 Å². The van der Waals surface area contributed by atoms with Crippen LogP contribution in [0.15, 0.2) is 55.1 Å². The molecule has 0 aliphatic carbocycles. The Balaban J connectivity index is 1.83. The van der Waals surface area contributed by atoms with Crippen LogP contribution in [0.1, 0.15) is 17.8 Å². The number of aromatic nitrogens is 2. The predicted molar refractivity (Wildman–Crippen MR) is 72.0 cm³/mol. The van der Waals surface area contributed by atoms with Crippen molar-refractivity contribution in [2.45, 2.75) is 26.2 Å². The molecule has 0 aliphatic heterocycles. The van der Waals surface area contributed by atoms with Gasteiger partial charge in [-0.05, 0) is 5.56 Å². The van der Waals surface area contributed by atoms with Crippen molar-refractivity contribution in [2.24, 2.45) is 0 Å². The van der Waals surface area contributed by atoms with Crippen molar-refractivity contribution in [3.05, 3.63) is 66.5 Å². The maximum atomic E-state index is 12.6. The summed E-state index contributed by atoms with van der Waals surface area (Å²) in [5.41, 5.74) is 1.12. The van der Waals surface area contributed by atoms with Crippen LogP contribution in [-0.4, -0.2) is 9.55 Å². The lowest BCUT2D eigenvalue weighted by molar-refractivity contribution is 0.0992. The predicted octanol–water partition coefficient (Wildman–Crippen LogP) is 3.47. The monoisotopic (exact) mass is 260 g/mol. The highest BCUT2D eigenvalue weighted by molar-refractivity contribution is 5.13. The summed E-state index contributed by atoms with van der Waals surface area (Å²) < 4.78 is 20.1. The Labute approximate surface area is 112 Å². The zero-order valence-corrected chi connectivity index (χ0v) is 10.8. The molecule has 0 unspecified atom stereocenters. The van der Waals surface area contributed by atoms with Gasteiger partial charge < -0.3 is 9.30 Å². The molecule has 0 atom stereocenters. The summed E-state index contributed by atoms with van der Waals surface area (Å²) in [6, 6.07) is 9.96. The molecule has 0 radical (unpaired) electrons. The number of ether oxygens (including phenoxy) is 1. The van der Waals surface area contributed by atoms with Crippen LogP contribution in [0.2, 0.25) is 0 Å². The van der Waals surface area contributed by atoms with E-state index in [2.05, 4.69) is 11.6 Å². The smallest absolute Gasteiger partial charge is 0.134 e. The molecule has 0 fully saturated rings. The van der Waals surface area contributed by atoms with Gasteiger partial charge in [0, 0.05) is 25.4 Å². The Hall–Kier alpha value is -1.94. The van der Waals surface area contributed by atoms with E-state index in [1.54, 1.807) is 6.20 Å².